The third kappa shape index (κ3) is 2.23. The number of aromatic nitrogens is 2. The van der Waals surface area contributed by atoms with Crippen molar-refractivity contribution in [1.82, 2.24) is 9.97 Å². The number of nitrogens with one attached hydrogen (secondary N) is 1. The second-order valence-corrected chi connectivity index (χ2v) is 5.52. The van der Waals surface area contributed by atoms with Gasteiger partial charge in [-0.15, -0.1) is 0 Å². The molecule has 1 aromatic heterocycles. The molecule has 0 radical (unpaired) electrons. The van der Waals surface area contributed by atoms with E-state index in [2.05, 4.69) is 51.3 Å². The average molecular weight is 333 g/mol. The van der Waals surface area contributed by atoms with Crippen LogP contribution in [0.3, 0.4) is 0 Å². The predicted molar refractivity (Wildman–Crippen MR) is 73.1 cm³/mol. The Balaban J connectivity index is 2.43. The van der Waals surface area contributed by atoms with E-state index in [1.807, 2.05) is 0 Å². The van der Waals surface area contributed by atoms with Crippen LogP contribution in [0.2, 0.25) is 0 Å². The van der Waals surface area contributed by atoms with E-state index in [1.54, 1.807) is 0 Å². The zero-order valence-electron chi connectivity index (χ0n) is 9.59. The molecule has 4 nitrogen and oxygen atoms in total. The average Bonchev–Trinajstić information content (AvgIpc) is 2.74. The highest BCUT2D eigenvalue weighted by Crippen LogP contribution is 2.20. The highest BCUT2D eigenvalue weighted by Gasteiger charge is 2.18. The van der Waals surface area contributed by atoms with Crippen LogP contribution in [0.4, 0.5) is 5.95 Å². The Hall–Kier alpha value is -0.590. The fraction of sp³-hybridized carbons (Fsp3) is 0.636. The first kappa shape index (κ1) is 11.9. The summed E-state index contributed by atoms with van der Waals surface area (Å²) in [5, 5.41) is 0. The minimum Gasteiger partial charge on any atom is -0.342 e. The summed E-state index contributed by atoms with van der Waals surface area (Å²) >= 11 is 2.08. The molecule has 16 heavy (non-hydrogen) atoms. The summed E-state index contributed by atoms with van der Waals surface area (Å²) in [7, 11) is 0. The van der Waals surface area contributed by atoms with Gasteiger partial charge in [-0.1, -0.05) is 13.8 Å². The smallest absolute Gasteiger partial charge is 0.266 e. The molecule has 0 saturated carbocycles. The molecule has 1 saturated heterocycles. The largest absolute Gasteiger partial charge is 0.342 e. The number of hydrogen-bond donors (Lipinski definition) is 1. The van der Waals surface area contributed by atoms with E-state index in [0.29, 0.717) is 0 Å². The normalized spacial score (nSPS) is 16.1. The van der Waals surface area contributed by atoms with Crippen LogP contribution in [0.5, 0.6) is 0 Å². The van der Waals surface area contributed by atoms with Gasteiger partial charge in [-0.3, -0.25) is 9.78 Å². The highest BCUT2D eigenvalue weighted by molar-refractivity contribution is 14.1. The Kier molecular flexibility index (Phi) is 3.51. The first-order valence-corrected chi connectivity index (χ1v) is 6.72. The van der Waals surface area contributed by atoms with E-state index in [-0.39, 0.29) is 11.5 Å². The monoisotopic (exact) mass is 333 g/mol. The molecular formula is C11H16IN3O. The molecule has 2 rings (SSSR count). The van der Waals surface area contributed by atoms with Crippen molar-refractivity contribution >= 4 is 28.5 Å². The van der Waals surface area contributed by atoms with E-state index < -0.39 is 0 Å². The summed E-state index contributed by atoms with van der Waals surface area (Å²) in [6.07, 6.45) is 2.37. The van der Waals surface area contributed by atoms with Gasteiger partial charge >= 0.3 is 0 Å². The van der Waals surface area contributed by atoms with Crippen LogP contribution in [-0.2, 0) is 0 Å². The minimum atomic E-state index is -0.0128. The van der Waals surface area contributed by atoms with Crippen molar-refractivity contribution in [3.63, 3.8) is 0 Å². The van der Waals surface area contributed by atoms with Crippen LogP contribution in [0.1, 0.15) is 38.3 Å². The van der Waals surface area contributed by atoms with E-state index in [4.69, 9.17) is 0 Å². The maximum Gasteiger partial charge on any atom is 0.266 e. The zero-order chi connectivity index (χ0) is 11.7. The van der Waals surface area contributed by atoms with Crippen LogP contribution in [0.25, 0.3) is 0 Å². The lowest BCUT2D eigenvalue weighted by molar-refractivity contribution is 0.780. The highest BCUT2D eigenvalue weighted by atomic mass is 127. The van der Waals surface area contributed by atoms with Crippen LogP contribution in [0.15, 0.2) is 4.79 Å². The Bertz CT molecular complexity index is 435. The molecule has 1 N–H and O–H groups in total. The standard InChI is InChI=1S/C11H16IN3O/c1-7(2)9-8(12)10(16)14-11(13-9)15-5-3-4-6-15/h7H,3-6H2,1-2H3,(H,13,14,16). The van der Waals surface area contributed by atoms with Crippen LogP contribution >= 0.6 is 22.6 Å². The molecule has 0 spiro atoms. The topological polar surface area (TPSA) is 49.0 Å². The van der Waals surface area contributed by atoms with Crippen LogP contribution in [-0.4, -0.2) is 23.1 Å². The molecular weight excluding hydrogens is 317 g/mol. The molecule has 1 aliphatic rings. The quantitative estimate of drug-likeness (QED) is 0.844. The van der Waals surface area contributed by atoms with Gasteiger partial charge in [0.05, 0.1) is 5.69 Å². The Labute approximate surface area is 109 Å². The summed E-state index contributed by atoms with van der Waals surface area (Å²) in [4.78, 5) is 21.4. The van der Waals surface area contributed by atoms with Crippen molar-refractivity contribution < 1.29 is 0 Å². The number of nitrogens with zero attached hydrogens (tertiary/aromatic N) is 2. The lowest BCUT2D eigenvalue weighted by atomic mass is 10.1. The van der Waals surface area contributed by atoms with Gasteiger partial charge in [0.2, 0.25) is 5.95 Å². The summed E-state index contributed by atoms with van der Waals surface area (Å²) in [5.41, 5.74) is 0.896. The number of H-pyrrole nitrogens is 1. The van der Waals surface area contributed by atoms with Crippen LogP contribution in [0, 0.1) is 3.57 Å². The van der Waals surface area contributed by atoms with E-state index in [9.17, 15) is 4.79 Å². The van der Waals surface area contributed by atoms with Crippen molar-refractivity contribution in [1.29, 1.82) is 0 Å². The molecule has 0 unspecified atom stereocenters. The lowest BCUT2D eigenvalue weighted by Gasteiger charge is -2.17. The summed E-state index contributed by atoms with van der Waals surface area (Å²) in [6.45, 7) is 6.14. The maximum absolute atomic E-state index is 11.8. The summed E-state index contributed by atoms with van der Waals surface area (Å²) < 4.78 is 0.718. The molecule has 2 heterocycles. The molecule has 1 fully saturated rings. The van der Waals surface area contributed by atoms with Crippen molar-refractivity contribution in [3.8, 4) is 0 Å². The zero-order valence-corrected chi connectivity index (χ0v) is 11.7. The summed E-state index contributed by atoms with van der Waals surface area (Å²) in [6, 6.07) is 0. The van der Waals surface area contributed by atoms with Crippen LogP contribution < -0.4 is 10.5 Å². The Morgan fingerprint density at radius 3 is 2.56 bits per heavy atom. The first-order valence-electron chi connectivity index (χ1n) is 5.64. The molecule has 1 aromatic rings. The fourth-order valence-corrected chi connectivity index (χ4v) is 2.80. The number of rotatable bonds is 2. The second kappa shape index (κ2) is 4.73. The lowest BCUT2D eigenvalue weighted by Crippen LogP contribution is -2.26. The molecule has 0 aromatic carbocycles. The van der Waals surface area contributed by atoms with E-state index in [0.717, 1.165) is 28.3 Å². The van der Waals surface area contributed by atoms with E-state index in [1.165, 1.54) is 12.8 Å². The SMILES string of the molecule is CC(C)c1nc(N2CCCC2)[nH]c(=O)c1I. The van der Waals surface area contributed by atoms with Gasteiger partial charge in [0.25, 0.3) is 5.56 Å². The molecule has 0 atom stereocenters. The Morgan fingerprint density at radius 1 is 1.38 bits per heavy atom. The van der Waals surface area contributed by atoms with Crippen molar-refractivity contribution in [3.05, 3.63) is 19.6 Å². The number of anilines is 1. The first-order chi connectivity index (χ1) is 7.59. The molecule has 1 aliphatic heterocycles. The number of aromatic amines is 1. The fourth-order valence-electron chi connectivity index (χ4n) is 1.93. The third-order valence-corrected chi connectivity index (χ3v) is 3.87. The number of halogens is 1. The van der Waals surface area contributed by atoms with Gasteiger partial charge in [-0.25, -0.2) is 4.98 Å². The van der Waals surface area contributed by atoms with Crippen molar-refractivity contribution in [2.24, 2.45) is 0 Å². The summed E-state index contributed by atoms with van der Waals surface area (Å²) in [5.74, 6) is 1.03. The van der Waals surface area contributed by atoms with Gasteiger partial charge in [-0.05, 0) is 41.4 Å². The van der Waals surface area contributed by atoms with E-state index >= 15 is 0 Å². The molecule has 0 amide bonds. The molecule has 88 valence electrons. The molecule has 5 heteroatoms. The maximum atomic E-state index is 11.8. The third-order valence-electron chi connectivity index (χ3n) is 2.83. The van der Waals surface area contributed by atoms with Gasteiger partial charge in [0.1, 0.15) is 3.57 Å². The molecule has 0 bridgehead atoms. The van der Waals surface area contributed by atoms with Crippen molar-refractivity contribution in [2.45, 2.75) is 32.6 Å². The van der Waals surface area contributed by atoms with Crippen molar-refractivity contribution in [2.75, 3.05) is 18.0 Å². The molecule has 0 aliphatic carbocycles. The minimum absolute atomic E-state index is 0.0128. The van der Waals surface area contributed by atoms with Gasteiger partial charge in [-0.2, -0.15) is 0 Å². The Morgan fingerprint density at radius 2 is 2.00 bits per heavy atom. The van der Waals surface area contributed by atoms with Gasteiger partial charge in [0.15, 0.2) is 0 Å². The second-order valence-electron chi connectivity index (χ2n) is 4.44. The predicted octanol–water partition coefficient (Wildman–Crippen LogP) is 2.10. The number of hydrogen-bond acceptors (Lipinski definition) is 3. The van der Waals surface area contributed by atoms with Gasteiger partial charge < -0.3 is 4.90 Å². The van der Waals surface area contributed by atoms with Gasteiger partial charge in [0, 0.05) is 13.1 Å².